The Kier molecular flexibility index (Phi) is 5.82. The van der Waals surface area contributed by atoms with Crippen molar-refractivity contribution in [1.29, 1.82) is 0 Å². The Morgan fingerprint density at radius 3 is 2.90 bits per heavy atom. The van der Waals surface area contributed by atoms with E-state index in [1.54, 1.807) is 0 Å². The van der Waals surface area contributed by atoms with Gasteiger partial charge in [-0.15, -0.1) is 0 Å². The second kappa shape index (κ2) is 7.39. The van der Waals surface area contributed by atoms with Gasteiger partial charge in [0.2, 0.25) is 0 Å². The Bertz CT molecular complexity index is 565. The van der Waals surface area contributed by atoms with Crippen LogP contribution in [0, 0.1) is 0 Å². The van der Waals surface area contributed by atoms with Gasteiger partial charge in [0.25, 0.3) is 0 Å². The highest BCUT2D eigenvalue weighted by molar-refractivity contribution is 7.98. The molecular weight excluding hydrogens is 288 g/mol. The van der Waals surface area contributed by atoms with Gasteiger partial charge in [-0.2, -0.15) is 11.8 Å². The first-order chi connectivity index (χ1) is 9.65. The maximum absolute atomic E-state index is 6.15. The summed E-state index contributed by atoms with van der Waals surface area (Å²) in [5.74, 6) is 1.18. The zero-order chi connectivity index (χ0) is 14.5. The molecule has 2 rings (SSSR count). The Balaban J connectivity index is 2.33. The van der Waals surface area contributed by atoms with Crippen LogP contribution in [0.15, 0.2) is 24.4 Å². The summed E-state index contributed by atoms with van der Waals surface area (Å²) in [4.78, 5) is 0. The number of hydrogen-bond donors (Lipinski definition) is 1. The fourth-order valence-electron chi connectivity index (χ4n) is 2.49. The van der Waals surface area contributed by atoms with E-state index in [9.17, 15) is 0 Å². The van der Waals surface area contributed by atoms with Gasteiger partial charge < -0.3 is 10.3 Å². The van der Waals surface area contributed by atoms with Gasteiger partial charge in [0.1, 0.15) is 0 Å². The van der Waals surface area contributed by atoms with Crippen LogP contribution in [0.2, 0.25) is 5.02 Å². The molecule has 1 heterocycles. The van der Waals surface area contributed by atoms with Crippen molar-refractivity contribution in [2.45, 2.75) is 38.8 Å². The maximum Gasteiger partial charge on any atom is 0.0498 e. The van der Waals surface area contributed by atoms with Gasteiger partial charge >= 0.3 is 0 Å². The average Bonchev–Trinajstić information content (AvgIpc) is 2.76. The minimum atomic E-state index is 0.232. The van der Waals surface area contributed by atoms with Gasteiger partial charge in [-0.05, 0) is 49.0 Å². The van der Waals surface area contributed by atoms with Crippen LogP contribution in [-0.4, -0.2) is 22.6 Å². The normalized spacial score (nSPS) is 13.0. The van der Waals surface area contributed by atoms with Crippen molar-refractivity contribution >= 4 is 34.3 Å². The number of hydrogen-bond acceptors (Lipinski definition) is 2. The number of aryl methyl sites for hydroxylation is 1. The van der Waals surface area contributed by atoms with Gasteiger partial charge in [0, 0.05) is 34.7 Å². The van der Waals surface area contributed by atoms with Crippen LogP contribution in [-0.2, 0) is 13.0 Å². The highest BCUT2D eigenvalue weighted by Gasteiger charge is 2.11. The lowest BCUT2D eigenvalue weighted by atomic mass is 10.0. The Labute approximate surface area is 130 Å². The van der Waals surface area contributed by atoms with Crippen molar-refractivity contribution in [3.63, 3.8) is 0 Å². The summed E-state index contributed by atoms with van der Waals surface area (Å²) in [6, 6.07) is 6.39. The fraction of sp³-hybridized carbons (Fsp3) is 0.500. The Morgan fingerprint density at radius 2 is 2.20 bits per heavy atom. The van der Waals surface area contributed by atoms with Crippen molar-refractivity contribution in [2.75, 3.05) is 12.0 Å². The van der Waals surface area contributed by atoms with Crippen molar-refractivity contribution in [3.8, 4) is 0 Å². The van der Waals surface area contributed by atoms with E-state index in [4.69, 9.17) is 17.3 Å². The van der Waals surface area contributed by atoms with E-state index in [-0.39, 0.29) is 6.04 Å². The van der Waals surface area contributed by atoms with Crippen LogP contribution in [0.4, 0.5) is 0 Å². The molecule has 4 heteroatoms. The Morgan fingerprint density at radius 1 is 1.40 bits per heavy atom. The lowest BCUT2D eigenvalue weighted by molar-refractivity contribution is 0.643. The molecule has 0 aliphatic rings. The predicted molar refractivity (Wildman–Crippen MR) is 91.9 cm³/mol. The van der Waals surface area contributed by atoms with Gasteiger partial charge in [0.05, 0.1) is 0 Å². The zero-order valence-electron chi connectivity index (χ0n) is 12.2. The van der Waals surface area contributed by atoms with Crippen molar-refractivity contribution in [3.05, 3.63) is 35.0 Å². The number of benzene rings is 1. The molecule has 0 aliphatic heterocycles. The third kappa shape index (κ3) is 3.72. The third-order valence-electron chi connectivity index (χ3n) is 3.68. The van der Waals surface area contributed by atoms with E-state index in [0.29, 0.717) is 0 Å². The third-order valence-corrected chi connectivity index (χ3v) is 4.61. The number of thioether (sulfide) groups is 1. The first kappa shape index (κ1) is 15.7. The monoisotopic (exact) mass is 310 g/mol. The van der Waals surface area contributed by atoms with E-state index in [0.717, 1.165) is 24.4 Å². The molecule has 0 amide bonds. The molecule has 1 aromatic heterocycles. The van der Waals surface area contributed by atoms with Crippen molar-refractivity contribution < 1.29 is 0 Å². The first-order valence-electron chi connectivity index (χ1n) is 7.17. The molecule has 2 nitrogen and oxygen atoms in total. The SMILES string of the molecule is CCC(N)Cc1cn(CCCSC)c2cc(Cl)ccc12. The van der Waals surface area contributed by atoms with Gasteiger partial charge in [0.15, 0.2) is 0 Å². The lowest BCUT2D eigenvalue weighted by Crippen LogP contribution is -2.21. The maximum atomic E-state index is 6.15. The number of aromatic nitrogens is 1. The molecule has 0 bridgehead atoms. The highest BCUT2D eigenvalue weighted by atomic mass is 35.5. The number of halogens is 1. The standard InChI is InChI=1S/C16H23ClN2S/c1-3-14(18)9-12-11-19(7-4-8-20-2)16-10-13(17)5-6-15(12)16/h5-6,10-11,14H,3-4,7-9,18H2,1-2H3. The highest BCUT2D eigenvalue weighted by Crippen LogP contribution is 2.26. The molecule has 1 aromatic carbocycles. The second-order valence-electron chi connectivity index (χ2n) is 5.23. The molecule has 1 unspecified atom stereocenters. The molecule has 0 radical (unpaired) electrons. The molecule has 0 aliphatic carbocycles. The van der Waals surface area contributed by atoms with E-state index in [1.165, 1.54) is 28.6 Å². The topological polar surface area (TPSA) is 30.9 Å². The molecule has 2 aromatic rings. The molecule has 0 fully saturated rings. The summed E-state index contributed by atoms with van der Waals surface area (Å²) < 4.78 is 2.33. The average molecular weight is 311 g/mol. The smallest absolute Gasteiger partial charge is 0.0498 e. The van der Waals surface area contributed by atoms with Crippen LogP contribution in [0.1, 0.15) is 25.3 Å². The Hall–Kier alpha value is -0.640. The zero-order valence-corrected chi connectivity index (χ0v) is 13.8. The number of fused-ring (bicyclic) bond motifs is 1. The molecule has 0 saturated carbocycles. The molecule has 1 atom stereocenters. The molecule has 110 valence electrons. The molecule has 20 heavy (non-hydrogen) atoms. The molecular formula is C16H23ClN2S. The van der Waals surface area contributed by atoms with Crippen LogP contribution >= 0.6 is 23.4 Å². The molecule has 2 N–H and O–H groups in total. The summed E-state index contributed by atoms with van der Waals surface area (Å²) in [6.07, 6.45) is 7.53. The largest absolute Gasteiger partial charge is 0.347 e. The summed E-state index contributed by atoms with van der Waals surface area (Å²) >= 11 is 8.04. The summed E-state index contributed by atoms with van der Waals surface area (Å²) in [7, 11) is 0. The van der Waals surface area contributed by atoms with Crippen LogP contribution in [0.25, 0.3) is 10.9 Å². The minimum Gasteiger partial charge on any atom is -0.347 e. The second-order valence-corrected chi connectivity index (χ2v) is 6.65. The minimum absolute atomic E-state index is 0.232. The fourth-order valence-corrected chi connectivity index (χ4v) is 3.08. The number of nitrogens with zero attached hydrogens (tertiary/aromatic N) is 1. The lowest BCUT2D eigenvalue weighted by Gasteiger charge is -2.06. The predicted octanol–water partition coefficient (Wildman–Crippen LogP) is 4.33. The van der Waals surface area contributed by atoms with Crippen molar-refractivity contribution in [2.24, 2.45) is 5.73 Å². The van der Waals surface area contributed by atoms with Crippen LogP contribution in [0.3, 0.4) is 0 Å². The first-order valence-corrected chi connectivity index (χ1v) is 8.94. The van der Waals surface area contributed by atoms with Crippen molar-refractivity contribution in [1.82, 2.24) is 4.57 Å². The van der Waals surface area contributed by atoms with Crippen LogP contribution in [0.5, 0.6) is 0 Å². The van der Waals surface area contributed by atoms with E-state index < -0.39 is 0 Å². The number of nitrogens with two attached hydrogens (primary N) is 1. The van der Waals surface area contributed by atoms with E-state index in [2.05, 4.69) is 36.1 Å². The summed E-state index contributed by atoms with van der Waals surface area (Å²) in [6.45, 7) is 3.18. The molecule has 0 saturated heterocycles. The van der Waals surface area contributed by atoms with E-state index >= 15 is 0 Å². The van der Waals surface area contributed by atoms with Crippen LogP contribution < -0.4 is 5.73 Å². The summed E-state index contributed by atoms with van der Waals surface area (Å²) in [5.41, 5.74) is 8.69. The van der Waals surface area contributed by atoms with E-state index in [1.807, 2.05) is 17.8 Å². The molecule has 0 spiro atoms. The quantitative estimate of drug-likeness (QED) is 0.772. The van der Waals surface area contributed by atoms with Gasteiger partial charge in [-0.1, -0.05) is 24.6 Å². The number of rotatable bonds is 7. The van der Waals surface area contributed by atoms with Gasteiger partial charge in [-0.25, -0.2) is 0 Å². The summed E-state index contributed by atoms with van der Waals surface area (Å²) in [5, 5.41) is 2.09. The van der Waals surface area contributed by atoms with Gasteiger partial charge in [-0.3, -0.25) is 0 Å².